The molecule has 2 fully saturated rings. The molecule has 1 aromatic carbocycles. The highest BCUT2D eigenvalue weighted by Gasteiger charge is 2.46. The molecule has 0 bridgehead atoms. The van der Waals surface area contributed by atoms with Crippen LogP contribution in [0.4, 0.5) is 0 Å². The van der Waals surface area contributed by atoms with Gasteiger partial charge in [-0.05, 0) is 49.3 Å². The predicted molar refractivity (Wildman–Crippen MR) is 92.1 cm³/mol. The van der Waals surface area contributed by atoms with E-state index in [4.69, 9.17) is 0 Å². The van der Waals surface area contributed by atoms with Gasteiger partial charge in [0.05, 0.1) is 5.41 Å². The van der Waals surface area contributed by atoms with Crippen LogP contribution in [-0.2, 0) is 17.8 Å². The van der Waals surface area contributed by atoms with Crippen molar-refractivity contribution in [3.8, 4) is 0 Å². The van der Waals surface area contributed by atoms with E-state index in [9.17, 15) is 4.79 Å². The first kappa shape index (κ1) is 15.2. The first-order valence-corrected chi connectivity index (χ1v) is 9.33. The van der Waals surface area contributed by atoms with Gasteiger partial charge in [-0.25, -0.2) is 0 Å². The number of fused-ring (bicyclic) bond motifs is 1. The number of amides is 1. The third kappa shape index (κ3) is 3.03. The van der Waals surface area contributed by atoms with E-state index < -0.39 is 0 Å². The van der Waals surface area contributed by atoms with Gasteiger partial charge in [0.1, 0.15) is 0 Å². The molecule has 0 aromatic heterocycles. The minimum absolute atomic E-state index is 0.193. The molecule has 1 amide bonds. The van der Waals surface area contributed by atoms with Crippen molar-refractivity contribution < 1.29 is 4.79 Å². The second-order valence-corrected chi connectivity index (χ2v) is 7.90. The standard InChI is InChI=1S/C20H28N2O/c23-19-20(12-17-8-4-5-9-18(17)13-21-19)10-11-22(15-20)14-16-6-2-1-3-7-16/h4-5,8-9,16H,1-3,6-7,10-15H2,(H,21,23). The highest BCUT2D eigenvalue weighted by molar-refractivity contribution is 5.84. The first-order valence-electron chi connectivity index (χ1n) is 9.33. The summed E-state index contributed by atoms with van der Waals surface area (Å²) in [5.74, 6) is 1.14. The Morgan fingerprint density at radius 2 is 1.91 bits per heavy atom. The van der Waals surface area contributed by atoms with Gasteiger partial charge in [-0.2, -0.15) is 0 Å². The summed E-state index contributed by atoms with van der Waals surface area (Å²) in [4.78, 5) is 15.4. The number of nitrogens with one attached hydrogen (secondary N) is 1. The zero-order valence-corrected chi connectivity index (χ0v) is 14.0. The summed E-state index contributed by atoms with van der Waals surface area (Å²) < 4.78 is 0. The van der Waals surface area contributed by atoms with Crippen LogP contribution in [-0.4, -0.2) is 30.4 Å². The summed E-state index contributed by atoms with van der Waals surface area (Å²) in [6, 6.07) is 8.55. The fourth-order valence-corrected chi connectivity index (χ4v) is 4.89. The van der Waals surface area contributed by atoms with Gasteiger partial charge in [0.2, 0.25) is 5.91 Å². The largest absolute Gasteiger partial charge is 0.351 e. The quantitative estimate of drug-likeness (QED) is 0.910. The number of nitrogens with zero attached hydrogens (tertiary/aromatic N) is 1. The second kappa shape index (κ2) is 6.27. The molecule has 1 aromatic rings. The van der Waals surface area contributed by atoms with Gasteiger partial charge >= 0.3 is 0 Å². The van der Waals surface area contributed by atoms with Crippen LogP contribution >= 0.6 is 0 Å². The van der Waals surface area contributed by atoms with Crippen LogP contribution in [0.2, 0.25) is 0 Å². The Kier molecular flexibility index (Phi) is 4.14. The number of likely N-dealkylation sites (tertiary alicyclic amines) is 1. The molecule has 3 aliphatic rings. The molecule has 1 atom stereocenters. The van der Waals surface area contributed by atoms with Crippen LogP contribution in [0.15, 0.2) is 24.3 Å². The molecule has 23 heavy (non-hydrogen) atoms. The number of rotatable bonds is 2. The van der Waals surface area contributed by atoms with Crippen LogP contribution in [0.1, 0.15) is 49.7 Å². The van der Waals surface area contributed by atoms with E-state index in [0.29, 0.717) is 6.54 Å². The van der Waals surface area contributed by atoms with Gasteiger partial charge < -0.3 is 10.2 Å². The van der Waals surface area contributed by atoms with E-state index in [2.05, 4.69) is 34.5 Å². The summed E-state index contributed by atoms with van der Waals surface area (Å²) in [5.41, 5.74) is 2.47. The van der Waals surface area contributed by atoms with Crippen LogP contribution in [0.3, 0.4) is 0 Å². The SMILES string of the molecule is O=C1NCc2ccccc2CC12CCN(CC1CCCCC1)C2. The van der Waals surface area contributed by atoms with Crippen LogP contribution in [0.25, 0.3) is 0 Å². The van der Waals surface area contributed by atoms with Crippen molar-refractivity contribution in [3.05, 3.63) is 35.4 Å². The molecule has 4 rings (SSSR count). The molecule has 3 nitrogen and oxygen atoms in total. The first-order chi connectivity index (χ1) is 11.3. The fraction of sp³-hybridized carbons (Fsp3) is 0.650. The number of hydrogen-bond acceptors (Lipinski definition) is 2. The molecular weight excluding hydrogens is 284 g/mol. The van der Waals surface area contributed by atoms with E-state index in [1.807, 2.05) is 0 Å². The summed E-state index contributed by atoms with van der Waals surface area (Å²) in [6.07, 6.45) is 8.92. The normalized spacial score (nSPS) is 29.3. The van der Waals surface area contributed by atoms with Crippen molar-refractivity contribution >= 4 is 5.91 Å². The van der Waals surface area contributed by atoms with Crippen LogP contribution in [0.5, 0.6) is 0 Å². The Balaban J connectivity index is 1.48. The zero-order chi connectivity index (χ0) is 15.7. The van der Waals surface area contributed by atoms with Gasteiger partial charge in [0.25, 0.3) is 0 Å². The lowest BCUT2D eigenvalue weighted by Crippen LogP contribution is -2.43. The molecule has 0 radical (unpaired) electrons. The molecule has 1 aliphatic carbocycles. The van der Waals surface area contributed by atoms with Crippen molar-refractivity contribution in [3.63, 3.8) is 0 Å². The molecule has 1 saturated carbocycles. The van der Waals surface area contributed by atoms with Crippen molar-refractivity contribution in [1.82, 2.24) is 10.2 Å². The Bertz CT molecular complexity index is 579. The molecule has 3 heteroatoms. The van der Waals surface area contributed by atoms with E-state index >= 15 is 0 Å². The summed E-state index contributed by atoms with van der Waals surface area (Å²) in [5, 5.41) is 3.19. The number of carbonyl (C=O) groups is 1. The van der Waals surface area contributed by atoms with Crippen molar-refractivity contribution in [2.75, 3.05) is 19.6 Å². The molecule has 1 N–H and O–H groups in total. The Hall–Kier alpha value is -1.35. The lowest BCUT2D eigenvalue weighted by molar-refractivity contribution is -0.130. The molecule has 2 heterocycles. The minimum Gasteiger partial charge on any atom is -0.351 e. The maximum absolute atomic E-state index is 12.8. The molecule has 1 saturated heterocycles. The molecule has 1 unspecified atom stereocenters. The van der Waals surface area contributed by atoms with E-state index in [-0.39, 0.29) is 11.3 Å². The maximum Gasteiger partial charge on any atom is 0.228 e. The van der Waals surface area contributed by atoms with Gasteiger partial charge in [-0.15, -0.1) is 0 Å². The fourth-order valence-electron chi connectivity index (χ4n) is 4.89. The average molecular weight is 312 g/mol. The highest BCUT2D eigenvalue weighted by Crippen LogP contribution is 2.38. The highest BCUT2D eigenvalue weighted by atomic mass is 16.2. The molecule has 124 valence electrons. The Labute approximate surface area is 139 Å². The number of hydrogen-bond donors (Lipinski definition) is 1. The minimum atomic E-state index is -0.193. The van der Waals surface area contributed by atoms with Gasteiger partial charge in [0.15, 0.2) is 0 Å². The maximum atomic E-state index is 12.8. The summed E-state index contributed by atoms with van der Waals surface area (Å²) >= 11 is 0. The van der Waals surface area contributed by atoms with E-state index in [1.54, 1.807) is 0 Å². The second-order valence-electron chi connectivity index (χ2n) is 7.90. The lowest BCUT2D eigenvalue weighted by atomic mass is 9.80. The predicted octanol–water partition coefficient (Wildman–Crippen LogP) is 3.13. The van der Waals surface area contributed by atoms with Crippen LogP contribution in [0, 0.1) is 11.3 Å². The topological polar surface area (TPSA) is 32.3 Å². The monoisotopic (exact) mass is 312 g/mol. The lowest BCUT2D eigenvalue weighted by Gasteiger charge is -2.29. The summed E-state index contributed by atoms with van der Waals surface area (Å²) in [6.45, 7) is 3.94. The van der Waals surface area contributed by atoms with Crippen molar-refractivity contribution in [2.45, 2.75) is 51.5 Å². The Morgan fingerprint density at radius 1 is 1.13 bits per heavy atom. The van der Waals surface area contributed by atoms with Crippen molar-refractivity contribution in [2.24, 2.45) is 11.3 Å². The average Bonchev–Trinajstić information content (AvgIpc) is 2.92. The van der Waals surface area contributed by atoms with Gasteiger partial charge in [-0.3, -0.25) is 4.79 Å². The molecule has 1 spiro atoms. The van der Waals surface area contributed by atoms with Gasteiger partial charge in [0, 0.05) is 19.6 Å². The smallest absolute Gasteiger partial charge is 0.228 e. The number of benzene rings is 1. The Morgan fingerprint density at radius 3 is 2.74 bits per heavy atom. The molecule has 2 aliphatic heterocycles. The van der Waals surface area contributed by atoms with Gasteiger partial charge in [-0.1, -0.05) is 43.5 Å². The third-order valence-electron chi connectivity index (χ3n) is 6.24. The van der Waals surface area contributed by atoms with E-state index in [0.717, 1.165) is 31.8 Å². The number of carbonyl (C=O) groups excluding carboxylic acids is 1. The molecular formula is C20H28N2O. The van der Waals surface area contributed by atoms with Crippen molar-refractivity contribution in [1.29, 1.82) is 0 Å². The van der Waals surface area contributed by atoms with E-state index in [1.165, 1.54) is 49.8 Å². The third-order valence-corrected chi connectivity index (χ3v) is 6.24. The summed E-state index contributed by atoms with van der Waals surface area (Å²) in [7, 11) is 0. The zero-order valence-electron chi connectivity index (χ0n) is 14.0. The van der Waals surface area contributed by atoms with Crippen LogP contribution < -0.4 is 5.32 Å².